The van der Waals surface area contributed by atoms with E-state index < -0.39 is 0 Å². The Morgan fingerprint density at radius 3 is 2.79 bits per heavy atom. The summed E-state index contributed by atoms with van der Waals surface area (Å²) in [5, 5.41) is 9.73. The molecule has 0 aliphatic heterocycles. The van der Waals surface area contributed by atoms with Crippen LogP contribution in [0.3, 0.4) is 0 Å². The van der Waals surface area contributed by atoms with Gasteiger partial charge in [-0.3, -0.25) is 0 Å². The van der Waals surface area contributed by atoms with E-state index in [1.807, 2.05) is 0 Å². The van der Waals surface area contributed by atoms with Crippen molar-refractivity contribution in [3.8, 4) is 0 Å². The Labute approximate surface area is 87.7 Å². The van der Waals surface area contributed by atoms with Gasteiger partial charge in [-0.1, -0.05) is 17.8 Å². The van der Waals surface area contributed by atoms with E-state index in [2.05, 4.69) is 10.2 Å². The van der Waals surface area contributed by atoms with Crippen molar-refractivity contribution in [2.45, 2.75) is 32.1 Å². The third-order valence-electron chi connectivity index (χ3n) is 3.80. The second-order valence-electron chi connectivity index (χ2n) is 4.67. The monoisotopic (exact) mass is 209 g/mol. The minimum Gasteiger partial charge on any atom is -0.374 e. The molecule has 0 radical (unpaired) electrons. The van der Waals surface area contributed by atoms with E-state index in [0.717, 1.165) is 29.2 Å². The maximum Gasteiger partial charge on any atom is 0.203 e. The molecule has 3 atom stereocenters. The lowest BCUT2D eigenvalue weighted by atomic mass is 9.87. The van der Waals surface area contributed by atoms with Crippen LogP contribution in [0.15, 0.2) is 0 Å². The van der Waals surface area contributed by atoms with Crippen molar-refractivity contribution < 1.29 is 0 Å². The summed E-state index contributed by atoms with van der Waals surface area (Å²) in [4.78, 5) is 0. The summed E-state index contributed by atoms with van der Waals surface area (Å²) in [6.45, 7) is 0. The second kappa shape index (κ2) is 3.19. The lowest BCUT2D eigenvalue weighted by Crippen LogP contribution is -2.12. The zero-order valence-electron chi connectivity index (χ0n) is 8.15. The number of fused-ring (bicyclic) bond motifs is 2. The van der Waals surface area contributed by atoms with Crippen molar-refractivity contribution in [2.24, 2.45) is 17.8 Å². The van der Waals surface area contributed by atoms with E-state index >= 15 is 0 Å². The molecular formula is C10H15N3S. The van der Waals surface area contributed by atoms with Crippen LogP contribution in [-0.2, 0) is 6.42 Å². The summed E-state index contributed by atoms with van der Waals surface area (Å²) in [5.74, 6) is 2.88. The number of anilines is 1. The average molecular weight is 209 g/mol. The molecule has 0 spiro atoms. The normalized spacial score (nSPS) is 35.3. The predicted molar refractivity (Wildman–Crippen MR) is 57.0 cm³/mol. The minimum atomic E-state index is 0.614. The van der Waals surface area contributed by atoms with Crippen LogP contribution in [0.4, 0.5) is 5.13 Å². The van der Waals surface area contributed by atoms with E-state index in [0.29, 0.717) is 5.13 Å². The van der Waals surface area contributed by atoms with Crippen molar-refractivity contribution in [3.05, 3.63) is 5.01 Å². The van der Waals surface area contributed by atoms with Crippen molar-refractivity contribution >= 4 is 16.5 Å². The third-order valence-corrected chi connectivity index (χ3v) is 4.58. The fraction of sp³-hybridized carbons (Fsp3) is 0.800. The first-order chi connectivity index (χ1) is 6.81. The zero-order chi connectivity index (χ0) is 9.54. The van der Waals surface area contributed by atoms with Crippen LogP contribution in [0.25, 0.3) is 0 Å². The number of nitrogens with zero attached hydrogens (tertiary/aromatic N) is 2. The van der Waals surface area contributed by atoms with E-state index in [1.54, 1.807) is 11.3 Å². The summed E-state index contributed by atoms with van der Waals surface area (Å²) in [7, 11) is 0. The van der Waals surface area contributed by atoms with Crippen molar-refractivity contribution in [1.82, 2.24) is 10.2 Å². The van der Waals surface area contributed by atoms with Gasteiger partial charge in [0.1, 0.15) is 5.01 Å². The van der Waals surface area contributed by atoms with Gasteiger partial charge in [-0.15, -0.1) is 10.2 Å². The van der Waals surface area contributed by atoms with Crippen LogP contribution in [0.2, 0.25) is 0 Å². The molecule has 3 unspecified atom stereocenters. The Kier molecular flexibility index (Phi) is 1.97. The first-order valence-corrected chi connectivity index (χ1v) is 6.21. The summed E-state index contributed by atoms with van der Waals surface area (Å²) >= 11 is 1.56. The molecule has 2 aliphatic carbocycles. The average Bonchev–Trinajstić information content (AvgIpc) is 2.82. The summed E-state index contributed by atoms with van der Waals surface area (Å²) < 4.78 is 0. The second-order valence-corrected chi connectivity index (χ2v) is 5.77. The molecule has 3 rings (SSSR count). The molecule has 1 heterocycles. The number of hydrogen-bond acceptors (Lipinski definition) is 4. The molecule has 1 aromatic heterocycles. The van der Waals surface area contributed by atoms with Crippen LogP contribution in [-0.4, -0.2) is 10.2 Å². The highest BCUT2D eigenvalue weighted by Crippen LogP contribution is 2.49. The van der Waals surface area contributed by atoms with Gasteiger partial charge in [0.15, 0.2) is 0 Å². The molecule has 2 fully saturated rings. The molecule has 0 saturated heterocycles. The van der Waals surface area contributed by atoms with Crippen LogP contribution in [0.5, 0.6) is 0 Å². The standard InChI is InChI=1S/C10H15N3S/c11-10-13-12-9(14-10)5-8-4-6-1-2-7(8)3-6/h6-8H,1-5H2,(H2,11,13). The molecule has 0 aromatic carbocycles. The molecule has 76 valence electrons. The van der Waals surface area contributed by atoms with Gasteiger partial charge in [0.2, 0.25) is 5.13 Å². The molecule has 2 saturated carbocycles. The predicted octanol–water partition coefficient (Wildman–Crippen LogP) is 2.10. The van der Waals surface area contributed by atoms with Gasteiger partial charge in [0, 0.05) is 6.42 Å². The van der Waals surface area contributed by atoms with Gasteiger partial charge in [-0.25, -0.2) is 0 Å². The molecule has 3 nitrogen and oxygen atoms in total. The van der Waals surface area contributed by atoms with Gasteiger partial charge in [-0.2, -0.15) is 0 Å². The quantitative estimate of drug-likeness (QED) is 0.811. The van der Waals surface area contributed by atoms with E-state index in [9.17, 15) is 0 Å². The molecular weight excluding hydrogens is 194 g/mol. The molecule has 4 heteroatoms. The molecule has 2 N–H and O–H groups in total. The number of hydrogen-bond donors (Lipinski definition) is 1. The smallest absolute Gasteiger partial charge is 0.203 e. The number of rotatable bonds is 2. The maximum absolute atomic E-state index is 5.57. The van der Waals surface area contributed by atoms with E-state index in [-0.39, 0.29) is 0 Å². The first-order valence-electron chi connectivity index (χ1n) is 5.39. The van der Waals surface area contributed by atoms with Crippen LogP contribution in [0, 0.1) is 17.8 Å². The fourth-order valence-corrected chi connectivity index (χ4v) is 3.90. The van der Waals surface area contributed by atoms with Crippen molar-refractivity contribution in [2.75, 3.05) is 5.73 Å². The van der Waals surface area contributed by atoms with E-state index in [1.165, 1.54) is 25.7 Å². The number of nitrogen functional groups attached to an aromatic ring is 1. The Bertz CT molecular complexity index is 336. The van der Waals surface area contributed by atoms with Gasteiger partial charge < -0.3 is 5.73 Å². The molecule has 14 heavy (non-hydrogen) atoms. The first kappa shape index (κ1) is 8.65. The minimum absolute atomic E-state index is 0.614. The number of aromatic nitrogens is 2. The van der Waals surface area contributed by atoms with Gasteiger partial charge in [-0.05, 0) is 37.0 Å². The van der Waals surface area contributed by atoms with Crippen LogP contribution < -0.4 is 5.73 Å². The Morgan fingerprint density at radius 1 is 1.29 bits per heavy atom. The molecule has 0 amide bonds. The van der Waals surface area contributed by atoms with E-state index in [4.69, 9.17) is 5.73 Å². The van der Waals surface area contributed by atoms with Crippen molar-refractivity contribution in [3.63, 3.8) is 0 Å². The Hall–Kier alpha value is -0.640. The van der Waals surface area contributed by atoms with Gasteiger partial charge in [0.05, 0.1) is 0 Å². The Morgan fingerprint density at radius 2 is 2.21 bits per heavy atom. The topological polar surface area (TPSA) is 51.8 Å². The molecule has 1 aromatic rings. The maximum atomic E-state index is 5.57. The molecule has 2 bridgehead atoms. The SMILES string of the molecule is Nc1nnc(CC2CC3CCC2C3)s1. The van der Waals surface area contributed by atoms with Crippen molar-refractivity contribution in [1.29, 1.82) is 0 Å². The van der Waals surface area contributed by atoms with Gasteiger partial charge >= 0.3 is 0 Å². The summed E-state index contributed by atoms with van der Waals surface area (Å²) in [6.07, 6.45) is 6.93. The summed E-state index contributed by atoms with van der Waals surface area (Å²) in [5.41, 5.74) is 5.57. The van der Waals surface area contributed by atoms with Gasteiger partial charge in [0.25, 0.3) is 0 Å². The highest BCUT2D eigenvalue weighted by Gasteiger charge is 2.39. The van der Waals surface area contributed by atoms with Crippen LogP contribution in [0.1, 0.15) is 30.7 Å². The summed E-state index contributed by atoms with van der Waals surface area (Å²) in [6, 6.07) is 0. The number of nitrogens with two attached hydrogens (primary N) is 1. The third kappa shape index (κ3) is 1.41. The fourth-order valence-electron chi connectivity index (χ4n) is 3.20. The molecule has 2 aliphatic rings. The lowest BCUT2D eigenvalue weighted by Gasteiger charge is -2.19. The van der Waals surface area contributed by atoms with Crippen LogP contribution >= 0.6 is 11.3 Å². The Balaban J connectivity index is 1.68. The lowest BCUT2D eigenvalue weighted by molar-refractivity contribution is 0.331. The highest BCUT2D eigenvalue weighted by molar-refractivity contribution is 7.15. The highest BCUT2D eigenvalue weighted by atomic mass is 32.1. The zero-order valence-corrected chi connectivity index (χ0v) is 8.96. The largest absolute Gasteiger partial charge is 0.374 e.